The molecular weight excluding hydrogens is 248 g/mol. The van der Waals surface area contributed by atoms with Gasteiger partial charge in [-0.2, -0.15) is 0 Å². The molecule has 0 amide bonds. The molecule has 5 heteroatoms. The maximum atomic E-state index is 11.9. The number of piperidine rings is 1. The van der Waals surface area contributed by atoms with Crippen molar-refractivity contribution in [3.05, 3.63) is 0 Å². The van der Waals surface area contributed by atoms with Crippen molar-refractivity contribution in [3.63, 3.8) is 0 Å². The van der Waals surface area contributed by atoms with E-state index in [1.807, 2.05) is 0 Å². The summed E-state index contributed by atoms with van der Waals surface area (Å²) >= 11 is 0. The fraction of sp³-hybridized carbons (Fsp3) is 1.00. The van der Waals surface area contributed by atoms with E-state index < -0.39 is 10.0 Å². The predicted octanol–water partition coefficient (Wildman–Crippen LogP) is 1.87. The summed E-state index contributed by atoms with van der Waals surface area (Å²) in [4.78, 5) is 0. The molecule has 2 N–H and O–H groups in total. The van der Waals surface area contributed by atoms with E-state index in [0.29, 0.717) is 19.0 Å². The molecule has 0 aromatic heterocycles. The van der Waals surface area contributed by atoms with Gasteiger partial charge in [-0.1, -0.05) is 27.2 Å². The number of hydrogen-bond acceptors (Lipinski definition) is 3. The van der Waals surface area contributed by atoms with Crippen LogP contribution >= 0.6 is 0 Å². The van der Waals surface area contributed by atoms with Crippen LogP contribution in [0.5, 0.6) is 0 Å². The minimum Gasteiger partial charge on any atom is -0.310 e. The van der Waals surface area contributed by atoms with Gasteiger partial charge in [-0.05, 0) is 31.6 Å². The highest BCUT2D eigenvalue weighted by molar-refractivity contribution is 7.89. The average molecular weight is 276 g/mol. The van der Waals surface area contributed by atoms with Gasteiger partial charge < -0.3 is 5.32 Å². The number of rotatable bonds is 5. The zero-order valence-electron chi connectivity index (χ0n) is 12.1. The second-order valence-corrected chi connectivity index (χ2v) is 8.60. The van der Waals surface area contributed by atoms with Crippen molar-refractivity contribution >= 4 is 10.0 Å². The fourth-order valence-electron chi connectivity index (χ4n) is 2.14. The first-order valence-corrected chi connectivity index (χ1v) is 8.56. The maximum Gasteiger partial charge on any atom is 0.211 e. The molecule has 0 aromatic rings. The number of sulfonamides is 1. The van der Waals surface area contributed by atoms with E-state index in [1.165, 1.54) is 12.8 Å². The molecule has 4 nitrogen and oxygen atoms in total. The lowest BCUT2D eigenvalue weighted by atomic mass is 9.94. The molecule has 0 radical (unpaired) electrons. The second kappa shape index (κ2) is 6.35. The third-order valence-corrected chi connectivity index (χ3v) is 4.73. The fourth-order valence-corrected chi connectivity index (χ4v) is 3.62. The molecule has 0 saturated carbocycles. The van der Waals surface area contributed by atoms with Gasteiger partial charge in [0.25, 0.3) is 0 Å². The van der Waals surface area contributed by atoms with Crippen LogP contribution in [0, 0.1) is 5.41 Å². The second-order valence-electron chi connectivity index (χ2n) is 6.67. The van der Waals surface area contributed by atoms with Gasteiger partial charge in [0.1, 0.15) is 0 Å². The minimum atomic E-state index is -3.12. The Kier molecular flexibility index (Phi) is 5.62. The molecule has 1 rings (SSSR count). The molecule has 0 aliphatic carbocycles. The molecule has 18 heavy (non-hydrogen) atoms. The van der Waals surface area contributed by atoms with Gasteiger partial charge in [-0.15, -0.1) is 0 Å². The molecule has 0 bridgehead atoms. The smallest absolute Gasteiger partial charge is 0.211 e. The van der Waals surface area contributed by atoms with Crippen LogP contribution in [0.25, 0.3) is 0 Å². The first-order valence-electron chi connectivity index (χ1n) is 6.91. The monoisotopic (exact) mass is 276 g/mol. The Balaban J connectivity index is 2.32. The van der Waals surface area contributed by atoms with Crippen LogP contribution in [-0.2, 0) is 10.0 Å². The first-order chi connectivity index (χ1) is 8.18. The third kappa shape index (κ3) is 6.71. The molecule has 1 aliphatic rings. The Labute approximate surface area is 112 Å². The summed E-state index contributed by atoms with van der Waals surface area (Å²) < 4.78 is 26.5. The van der Waals surface area contributed by atoms with Crippen molar-refractivity contribution in [2.45, 2.75) is 65.5 Å². The zero-order chi connectivity index (χ0) is 13.8. The number of nitrogens with one attached hydrogen (secondary N) is 2. The lowest BCUT2D eigenvalue weighted by molar-refractivity contribution is 0.334. The van der Waals surface area contributed by atoms with Crippen LogP contribution in [0.4, 0.5) is 0 Å². The van der Waals surface area contributed by atoms with Gasteiger partial charge in [0.15, 0.2) is 0 Å². The lowest BCUT2D eigenvalue weighted by Crippen LogP contribution is -2.47. The minimum absolute atomic E-state index is 0.0619. The molecule has 1 aliphatic heterocycles. The summed E-state index contributed by atoms with van der Waals surface area (Å²) in [7, 11) is -3.12. The van der Waals surface area contributed by atoms with Crippen LogP contribution in [0.1, 0.15) is 53.4 Å². The quantitative estimate of drug-likeness (QED) is 0.806. The molecule has 1 heterocycles. The summed E-state index contributed by atoms with van der Waals surface area (Å²) in [5.74, 6) is 0.221. The van der Waals surface area contributed by atoms with E-state index in [4.69, 9.17) is 0 Å². The average Bonchev–Trinajstić information content (AvgIpc) is 2.24. The van der Waals surface area contributed by atoms with E-state index in [0.717, 1.165) is 6.42 Å². The van der Waals surface area contributed by atoms with Gasteiger partial charge in [0.05, 0.1) is 5.75 Å². The zero-order valence-corrected chi connectivity index (χ0v) is 12.9. The van der Waals surface area contributed by atoms with Crippen molar-refractivity contribution in [1.82, 2.24) is 10.0 Å². The summed E-state index contributed by atoms with van der Waals surface area (Å²) in [5.41, 5.74) is 0.0619. The van der Waals surface area contributed by atoms with Gasteiger partial charge in [0, 0.05) is 18.6 Å². The summed E-state index contributed by atoms with van der Waals surface area (Å²) in [5, 5.41) is 3.43. The largest absolute Gasteiger partial charge is 0.310 e. The normalized spacial score (nSPS) is 26.2. The predicted molar refractivity (Wildman–Crippen MR) is 76.1 cm³/mol. The van der Waals surface area contributed by atoms with Gasteiger partial charge in [-0.25, -0.2) is 13.1 Å². The summed E-state index contributed by atoms with van der Waals surface area (Å²) in [6, 6.07) is 0.793. The highest BCUT2D eigenvalue weighted by atomic mass is 32.2. The Hall–Kier alpha value is -0.130. The molecule has 2 atom stereocenters. The highest BCUT2D eigenvalue weighted by Gasteiger charge is 2.21. The van der Waals surface area contributed by atoms with E-state index >= 15 is 0 Å². The van der Waals surface area contributed by atoms with Crippen molar-refractivity contribution < 1.29 is 8.42 Å². The van der Waals surface area contributed by atoms with Crippen LogP contribution in [0.15, 0.2) is 0 Å². The lowest BCUT2D eigenvalue weighted by Gasteiger charge is -2.29. The third-order valence-electron chi connectivity index (χ3n) is 3.38. The molecular formula is C13H28N2O2S. The van der Waals surface area contributed by atoms with Crippen molar-refractivity contribution in [1.29, 1.82) is 0 Å². The Morgan fingerprint density at radius 1 is 1.28 bits per heavy atom. The summed E-state index contributed by atoms with van der Waals surface area (Å²) in [6.07, 6.45) is 4.12. The van der Waals surface area contributed by atoms with E-state index in [2.05, 4.69) is 37.7 Å². The molecule has 0 spiro atoms. The van der Waals surface area contributed by atoms with E-state index in [1.54, 1.807) is 0 Å². The Morgan fingerprint density at radius 3 is 2.50 bits per heavy atom. The van der Waals surface area contributed by atoms with Gasteiger partial charge in [0.2, 0.25) is 10.0 Å². The molecule has 108 valence electrons. The Morgan fingerprint density at radius 2 is 1.94 bits per heavy atom. The molecule has 0 aromatic carbocycles. The molecule has 1 saturated heterocycles. The van der Waals surface area contributed by atoms with E-state index in [-0.39, 0.29) is 17.2 Å². The Bertz CT molecular complexity index is 346. The number of hydrogen-bond donors (Lipinski definition) is 2. The van der Waals surface area contributed by atoms with Crippen LogP contribution < -0.4 is 10.0 Å². The van der Waals surface area contributed by atoms with Gasteiger partial charge in [-0.3, -0.25) is 0 Å². The van der Waals surface area contributed by atoms with Crippen molar-refractivity contribution in [2.24, 2.45) is 5.41 Å². The highest BCUT2D eigenvalue weighted by Crippen LogP contribution is 2.19. The van der Waals surface area contributed by atoms with Crippen LogP contribution in [0.3, 0.4) is 0 Å². The standard InChI is InChI=1S/C13H28N2O2S/c1-11-6-5-7-12(15-11)10-14-18(16,17)9-8-13(2,3)4/h11-12,14-15H,5-10H2,1-4H3. The van der Waals surface area contributed by atoms with Crippen molar-refractivity contribution in [3.8, 4) is 0 Å². The topological polar surface area (TPSA) is 58.2 Å². The first kappa shape index (κ1) is 15.9. The van der Waals surface area contributed by atoms with Crippen LogP contribution in [0.2, 0.25) is 0 Å². The van der Waals surface area contributed by atoms with Crippen LogP contribution in [-0.4, -0.2) is 32.8 Å². The SMILES string of the molecule is CC1CCCC(CNS(=O)(=O)CCC(C)(C)C)N1. The molecule has 2 unspecified atom stereocenters. The van der Waals surface area contributed by atoms with Gasteiger partial charge >= 0.3 is 0 Å². The maximum absolute atomic E-state index is 11.9. The summed E-state index contributed by atoms with van der Waals surface area (Å²) in [6.45, 7) is 8.86. The molecule has 1 fully saturated rings. The van der Waals surface area contributed by atoms with E-state index in [9.17, 15) is 8.42 Å². The van der Waals surface area contributed by atoms with Crippen molar-refractivity contribution in [2.75, 3.05) is 12.3 Å².